The predicted octanol–water partition coefficient (Wildman–Crippen LogP) is 3.19. The highest BCUT2D eigenvalue weighted by Crippen LogP contribution is 2.21. The number of hydrogen-bond donors (Lipinski definition) is 0. The van der Waals surface area contributed by atoms with E-state index < -0.39 is 0 Å². The van der Waals surface area contributed by atoms with Gasteiger partial charge in [-0.25, -0.2) is 4.79 Å². The van der Waals surface area contributed by atoms with Gasteiger partial charge in [0.25, 0.3) is 0 Å². The van der Waals surface area contributed by atoms with Crippen LogP contribution < -0.4 is 0 Å². The van der Waals surface area contributed by atoms with Gasteiger partial charge in [0.2, 0.25) is 0 Å². The molecule has 0 aliphatic carbocycles. The topological polar surface area (TPSA) is 29.5 Å². The Labute approximate surface area is 92.8 Å². The van der Waals surface area contributed by atoms with Crippen LogP contribution in [0.5, 0.6) is 0 Å². The lowest BCUT2D eigenvalue weighted by atomic mass is 10.0. The summed E-state index contributed by atoms with van der Waals surface area (Å²) in [5.74, 6) is 0. The van der Waals surface area contributed by atoms with Crippen LogP contribution in [0.3, 0.4) is 0 Å². The van der Waals surface area contributed by atoms with Crippen LogP contribution in [-0.2, 0) is 4.74 Å². The Morgan fingerprint density at radius 3 is 2.60 bits per heavy atom. The minimum Gasteiger partial charge on any atom is -0.444 e. The SMILES string of the molecule is CC[C@H]1CCCCN1C(=O)OC(C)(C)C. The number of carbonyl (C=O) groups is 1. The van der Waals surface area contributed by atoms with Crippen molar-refractivity contribution in [2.75, 3.05) is 6.54 Å². The van der Waals surface area contributed by atoms with Crippen molar-refractivity contribution in [1.29, 1.82) is 0 Å². The Hall–Kier alpha value is -0.730. The van der Waals surface area contributed by atoms with Crippen molar-refractivity contribution in [3.05, 3.63) is 0 Å². The van der Waals surface area contributed by atoms with Crippen LogP contribution in [0.2, 0.25) is 0 Å². The van der Waals surface area contributed by atoms with Gasteiger partial charge in [-0.05, 0) is 46.5 Å². The molecule has 1 saturated heterocycles. The monoisotopic (exact) mass is 213 g/mol. The van der Waals surface area contributed by atoms with Crippen molar-refractivity contribution in [2.24, 2.45) is 0 Å². The lowest BCUT2D eigenvalue weighted by Gasteiger charge is -2.36. The zero-order valence-electron chi connectivity index (χ0n) is 10.4. The van der Waals surface area contributed by atoms with Crippen LogP contribution in [0.1, 0.15) is 53.4 Å². The van der Waals surface area contributed by atoms with Gasteiger partial charge in [-0.3, -0.25) is 0 Å². The van der Waals surface area contributed by atoms with Gasteiger partial charge in [0.1, 0.15) is 5.60 Å². The molecule has 0 N–H and O–H groups in total. The molecule has 1 aliphatic rings. The molecular formula is C12H23NO2. The average molecular weight is 213 g/mol. The molecule has 0 bridgehead atoms. The maximum absolute atomic E-state index is 11.9. The van der Waals surface area contributed by atoms with E-state index in [0.29, 0.717) is 6.04 Å². The molecule has 3 heteroatoms. The highest BCUT2D eigenvalue weighted by molar-refractivity contribution is 5.68. The molecule has 88 valence electrons. The summed E-state index contributed by atoms with van der Waals surface area (Å²) in [7, 11) is 0. The number of carbonyl (C=O) groups excluding carboxylic acids is 1. The van der Waals surface area contributed by atoms with Gasteiger partial charge in [-0.15, -0.1) is 0 Å². The smallest absolute Gasteiger partial charge is 0.410 e. The van der Waals surface area contributed by atoms with Crippen molar-refractivity contribution in [3.8, 4) is 0 Å². The van der Waals surface area contributed by atoms with Gasteiger partial charge in [0.05, 0.1) is 0 Å². The molecule has 0 unspecified atom stereocenters. The number of nitrogens with zero attached hydrogens (tertiary/aromatic N) is 1. The normalized spacial score (nSPS) is 22.7. The first kappa shape index (κ1) is 12.3. The summed E-state index contributed by atoms with van der Waals surface area (Å²) >= 11 is 0. The van der Waals surface area contributed by atoms with Crippen molar-refractivity contribution >= 4 is 6.09 Å². The summed E-state index contributed by atoms with van der Waals surface area (Å²) in [6, 6.07) is 0.383. The number of ether oxygens (including phenoxy) is 1. The maximum atomic E-state index is 11.9. The zero-order chi connectivity index (χ0) is 11.5. The van der Waals surface area contributed by atoms with E-state index in [0.717, 1.165) is 25.8 Å². The lowest BCUT2D eigenvalue weighted by Crippen LogP contribution is -2.45. The van der Waals surface area contributed by atoms with Crippen LogP contribution in [0.15, 0.2) is 0 Å². The predicted molar refractivity (Wildman–Crippen MR) is 60.9 cm³/mol. The first-order chi connectivity index (χ1) is 6.94. The highest BCUT2D eigenvalue weighted by atomic mass is 16.6. The minimum atomic E-state index is -0.382. The van der Waals surface area contributed by atoms with Crippen molar-refractivity contribution < 1.29 is 9.53 Å². The van der Waals surface area contributed by atoms with Crippen LogP contribution in [0.4, 0.5) is 4.79 Å². The van der Waals surface area contributed by atoms with Crippen LogP contribution in [0.25, 0.3) is 0 Å². The molecule has 0 spiro atoms. The van der Waals surface area contributed by atoms with E-state index in [1.54, 1.807) is 0 Å². The first-order valence-electron chi connectivity index (χ1n) is 5.93. The summed E-state index contributed by atoms with van der Waals surface area (Å²) in [6.07, 6.45) is 4.34. The minimum absolute atomic E-state index is 0.144. The summed E-state index contributed by atoms with van der Waals surface area (Å²) in [6.45, 7) is 8.72. The summed E-state index contributed by atoms with van der Waals surface area (Å²) < 4.78 is 5.40. The Morgan fingerprint density at radius 2 is 2.07 bits per heavy atom. The second-order valence-corrected chi connectivity index (χ2v) is 5.23. The van der Waals surface area contributed by atoms with Gasteiger partial charge >= 0.3 is 6.09 Å². The summed E-state index contributed by atoms with van der Waals surface area (Å²) in [5.41, 5.74) is -0.382. The molecule has 1 rings (SSSR count). The molecule has 0 aromatic heterocycles. The third-order valence-corrected chi connectivity index (χ3v) is 2.73. The molecule has 0 radical (unpaired) electrons. The van der Waals surface area contributed by atoms with E-state index in [2.05, 4.69) is 6.92 Å². The molecule has 1 fully saturated rings. The van der Waals surface area contributed by atoms with Crippen molar-refractivity contribution in [3.63, 3.8) is 0 Å². The Morgan fingerprint density at radius 1 is 1.40 bits per heavy atom. The number of amides is 1. The van der Waals surface area contributed by atoms with Gasteiger partial charge in [-0.1, -0.05) is 6.92 Å². The largest absolute Gasteiger partial charge is 0.444 e. The van der Waals surface area contributed by atoms with E-state index in [9.17, 15) is 4.79 Å². The molecule has 0 aromatic carbocycles. The molecule has 1 amide bonds. The Balaban J connectivity index is 2.56. The highest BCUT2D eigenvalue weighted by Gasteiger charge is 2.29. The second-order valence-electron chi connectivity index (χ2n) is 5.23. The quantitative estimate of drug-likeness (QED) is 0.669. The summed E-state index contributed by atoms with van der Waals surface area (Å²) in [5, 5.41) is 0. The molecule has 1 atom stereocenters. The summed E-state index contributed by atoms with van der Waals surface area (Å²) in [4.78, 5) is 13.8. The Bertz CT molecular complexity index is 220. The molecule has 1 heterocycles. The fraction of sp³-hybridized carbons (Fsp3) is 0.917. The fourth-order valence-electron chi connectivity index (χ4n) is 1.99. The number of likely N-dealkylation sites (tertiary alicyclic amines) is 1. The third kappa shape index (κ3) is 3.73. The zero-order valence-corrected chi connectivity index (χ0v) is 10.4. The van der Waals surface area contributed by atoms with Gasteiger partial charge in [0, 0.05) is 12.6 Å². The second kappa shape index (κ2) is 4.86. The van der Waals surface area contributed by atoms with E-state index in [1.807, 2.05) is 25.7 Å². The van der Waals surface area contributed by atoms with Crippen molar-refractivity contribution in [1.82, 2.24) is 4.90 Å². The van der Waals surface area contributed by atoms with Crippen LogP contribution in [0, 0.1) is 0 Å². The molecule has 1 aliphatic heterocycles. The van der Waals surface area contributed by atoms with Gasteiger partial charge in [-0.2, -0.15) is 0 Å². The van der Waals surface area contributed by atoms with Gasteiger partial charge < -0.3 is 9.64 Å². The number of rotatable bonds is 1. The van der Waals surface area contributed by atoms with Crippen molar-refractivity contribution in [2.45, 2.75) is 65.0 Å². The van der Waals surface area contributed by atoms with Crippen LogP contribution in [-0.4, -0.2) is 29.2 Å². The number of hydrogen-bond acceptors (Lipinski definition) is 2. The number of piperidine rings is 1. The molecule has 3 nitrogen and oxygen atoms in total. The lowest BCUT2D eigenvalue weighted by molar-refractivity contribution is 0.00944. The third-order valence-electron chi connectivity index (χ3n) is 2.73. The van der Waals surface area contributed by atoms with E-state index in [4.69, 9.17) is 4.74 Å². The maximum Gasteiger partial charge on any atom is 0.410 e. The molecular weight excluding hydrogens is 190 g/mol. The first-order valence-corrected chi connectivity index (χ1v) is 5.93. The molecule has 0 aromatic rings. The Kier molecular flexibility index (Phi) is 4.00. The van der Waals surface area contributed by atoms with E-state index in [-0.39, 0.29) is 11.7 Å². The average Bonchev–Trinajstić information content (AvgIpc) is 2.15. The van der Waals surface area contributed by atoms with E-state index >= 15 is 0 Å². The fourth-order valence-corrected chi connectivity index (χ4v) is 1.99. The van der Waals surface area contributed by atoms with Crippen LogP contribution >= 0.6 is 0 Å². The molecule has 15 heavy (non-hydrogen) atoms. The standard InChI is InChI=1S/C12H23NO2/c1-5-10-8-6-7-9-13(10)11(14)15-12(2,3)4/h10H,5-9H2,1-4H3/t10-/m0/s1. The molecule has 0 saturated carbocycles. The van der Waals surface area contributed by atoms with E-state index in [1.165, 1.54) is 6.42 Å². The van der Waals surface area contributed by atoms with Gasteiger partial charge in [0.15, 0.2) is 0 Å².